The second-order valence-corrected chi connectivity index (χ2v) is 9.03. The number of nitrogens with one attached hydrogen (secondary N) is 1. The number of nitrogens with zero attached hydrogens (tertiary/aromatic N) is 2. The van der Waals surface area contributed by atoms with Gasteiger partial charge in [0, 0.05) is 17.6 Å². The van der Waals surface area contributed by atoms with Crippen molar-refractivity contribution >= 4 is 26.0 Å². The zero-order chi connectivity index (χ0) is 17.5. The van der Waals surface area contributed by atoms with Gasteiger partial charge in [-0.05, 0) is 50.3 Å². The number of aromatic nitrogens is 2. The Bertz CT molecular complexity index is 839. The van der Waals surface area contributed by atoms with Gasteiger partial charge in [0.05, 0.1) is 11.4 Å². The zero-order valence-corrected chi connectivity index (χ0v) is 16.5. The fourth-order valence-corrected chi connectivity index (χ4v) is 5.24. The number of hydrogen-bond acceptors (Lipinski definition) is 3. The van der Waals surface area contributed by atoms with E-state index in [1.165, 1.54) is 0 Å². The Hall–Kier alpha value is -1.18. The number of hydrogen-bond donors (Lipinski definition) is 1. The third-order valence-electron chi connectivity index (χ3n) is 4.84. The molecule has 1 N–H and O–H groups in total. The van der Waals surface area contributed by atoms with E-state index in [1.807, 2.05) is 24.3 Å². The van der Waals surface area contributed by atoms with E-state index in [2.05, 4.69) is 25.8 Å². The van der Waals surface area contributed by atoms with Gasteiger partial charge >= 0.3 is 0 Å². The monoisotopic (exact) mass is 411 g/mol. The summed E-state index contributed by atoms with van der Waals surface area (Å²) in [5, 5.41) is 4.24. The molecule has 1 unspecified atom stereocenters. The Kier molecular flexibility index (Phi) is 4.86. The van der Waals surface area contributed by atoms with Gasteiger partial charge in [0.25, 0.3) is 0 Å². The predicted molar refractivity (Wildman–Crippen MR) is 97.2 cm³/mol. The van der Waals surface area contributed by atoms with Crippen LogP contribution in [0.4, 0.5) is 0 Å². The first kappa shape index (κ1) is 17.6. The molecule has 1 saturated carbocycles. The Morgan fingerprint density at radius 2 is 1.88 bits per heavy atom. The summed E-state index contributed by atoms with van der Waals surface area (Å²) >= 11 is 3.43. The lowest BCUT2D eigenvalue weighted by molar-refractivity contribution is 0.251. The van der Waals surface area contributed by atoms with Crippen molar-refractivity contribution in [3.8, 4) is 0 Å². The highest BCUT2D eigenvalue weighted by Gasteiger charge is 2.34. The molecule has 0 bridgehead atoms. The van der Waals surface area contributed by atoms with Gasteiger partial charge in [-0.15, -0.1) is 0 Å². The summed E-state index contributed by atoms with van der Waals surface area (Å²) in [6, 6.07) is 7.68. The van der Waals surface area contributed by atoms with Crippen molar-refractivity contribution in [2.75, 3.05) is 0 Å². The normalized spacial score (nSPS) is 16.8. The van der Waals surface area contributed by atoms with Crippen LogP contribution in [0, 0.1) is 19.8 Å². The standard InChI is InChI=1S/C17H22BrN3O2S/c1-11-17(12(2)21(3)19-11)24(22,23)20-16(13-5-4-6-13)14-7-9-15(18)10-8-14/h7-10,13,16,20H,4-6H2,1-3H3. The van der Waals surface area contributed by atoms with Crippen molar-refractivity contribution in [2.45, 2.75) is 44.0 Å². The molecule has 1 atom stereocenters. The van der Waals surface area contributed by atoms with Crippen LogP contribution in [0.15, 0.2) is 33.6 Å². The van der Waals surface area contributed by atoms with Crippen LogP contribution in [-0.2, 0) is 17.1 Å². The molecule has 1 aliphatic rings. The highest BCUT2D eigenvalue weighted by molar-refractivity contribution is 9.10. The molecule has 5 nitrogen and oxygen atoms in total. The highest BCUT2D eigenvalue weighted by atomic mass is 79.9. The van der Waals surface area contributed by atoms with Gasteiger partial charge < -0.3 is 0 Å². The van der Waals surface area contributed by atoms with Crippen molar-refractivity contribution in [1.29, 1.82) is 0 Å². The largest absolute Gasteiger partial charge is 0.271 e. The summed E-state index contributed by atoms with van der Waals surface area (Å²) in [6.07, 6.45) is 3.26. The maximum atomic E-state index is 13.0. The molecule has 7 heteroatoms. The maximum absolute atomic E-state index is 13.0. The van der Waals surface area contributed by atoms with Gasteiger partial charge in [0.1, 0.15) is 4.90 Å². The average Bonchev–Trinajstić information content (AvgIpc) is 2.70. The molecule has 0 saturated heterocycles. The summed E-state index contributed by atoms with van der Waals surface area (Å²) in [6.45, 7) is 3.52. The van der Waals surface area contributed by atoms with Crippen molar-refractivity contribution in [1.82, 2.24) is 14.5 Å². The molecule has 1 heterocycles. The van der Waals surface area contributed by atoms with Crippen molar-refractivity contribution in [2.24, 2.45) is 13.0 Å². The molecule has 1 aromatic carbocycles. The maximum Gasteiger partial charge on any atom is 0.244 e. The summed E-state index contributed by atoms with van der Waals surface area (Å²) in [7, 11) is -1.86. The lowest BCUT2D eigenvalue weighted by Gasteiger charge is -2.34. The van der Waals surface area contributed by atoms with Crippen molar-refractivity contribution in [3.63, 3.8) is 0 Å². The van der Waals surface area contributed by atoms with E-state index < -0.39 is 10.0 Å². The Labute approximate surface area is 151 Å². The first-order valence-electron chi connectivity index (χ1n) is 8.07. The summed E-state index contributed by atoms with van der Waals surface area (Å²) in [5.41, 5.74) is 2.19. The van der Waals surface area contributed by atoms with E-state index in [4.69, 9.17) is 0 Å². The summed E-state index contributed by atoms with van der Waals surface area (Å²) in [4.78, 5) is 0.298. The first-order chi connectivity index (χ1) is 11.3. The minimum atomic E-state index is -3.62. The molecule has 1 aromatic heterocycles. The lowest BCUT2D eigenvalue weighted by Crippen LogP contribution is -2.36. The van der Waals surface area contributed by atoms with Crippen LogP contribution in [0.2, 0.25) is 0 Å². The van der Waals surface area contributed by atoms with Crippen LogP contribution in [0.5, 0.6) is 0 Å². The lowest BCUT2D eigenvalue weighted by atomic mass is 9.77. The topological polar surface area (TPSA) is 64.0 Å². The van der Waals surface area contributed by atoms with Gasteiger partial charge in [-0.2, -0.15) is 5.10 Å². The average molecular weight is 412 g/mol. The van der Waals surface area contributed by atoms with Gasteiger partial charge in [-0.1, -0.05) is 34.5 Å². The molecule has 3 rings (SSSR count). The quantitative estimate of drug-likeness (QED) is 0.816. The molecular formula is C17H22BrN3O2S. The van der Waals surface area contributed by atoms with Crippen LogP contribution in [0.1, 0.15) is 42.3 Å². The molecule has 0 amide bonds. The molecule has 130 valence electrons. The first-order valence-corrected chi connectivity index (χ1v) is 10.3. The van der Waals surface area contributed by atoms with E-state index in [-0.39, 0.29) is 6.04 Å². The fourth-order valence-electron chi connectivity index (χ4n) is 3.25. The van der Waals surface area contributed by atoms with E-state index in [0.29, 0.717) is 22.2 Å². The third kappa shape index (κ3) is 3.30. The molecule has 24 heavy (non-hydrogen) atoms. The molecule has 2 aromatic rings. The molecule has 1 fully saturated rings. The molecular weight excluding hydrogens is 390 g/mol. The van der Waals surface area contributed by atoms with E-state index in [9.17, 15) is 8.42 Å². The second-order valence-electron chi connectivity index (χ2n) is 6.47. The molecule has 0 radical (unpaired) electrons. The number of rotatable bonds is 5. The van der Waals surface area contributed by atoms with Crippen LogP contribution in [-0.4, -0.2) is 18.2 Å². The highest BCUT2D eigenvalue weighted by Crippen LogP contribution is 2.39. The van der Waals surface area contributed by atoms with Crippen LogP contribution < -0.4 is 4.72 Å². The second kappa shape index (κ2) is 6.61. The fraction of sp³-hybridized carbons (Fsp3) is 0.471. The Morgan fingerprint density at radius 1 is 1.25 bits per heavy atom. The van der Waals surface area contributed by atoms with Crippen LogP contribution in [0.25, 0.3) is 0 Å². The zero-order valence-electron chi connectivity index (χ0n) is 14.1. The third-order valence-corrected chi connectivity index (χ3v) is 7.07. The van der Waals surface area contributed by atoms with Crippen LogP contribution >= 0.6 is 15.9 Å². The smallest absolute Gasteiger partial charge is 0.244 e. The van der Waals surface area contributed by atoms with E-state index in [0.717, 1.165) is 29.3 Å². The Balaban J connectivity index is 1.96. The van der Waals surface area contributed by atoms with E-state index >= 15 is 0 Å². The number of benzene rings is 1. The van der Waals surface area contributed by atoms with Gasteiger partial charge in [-0.3, -0.25) is 4.68 Å². The van der Waals surface area contributed by atoms with Gasteiger partial charge in [0.2, 0.25) is 10.0 Å². The number of aryl methyl sites for hydroxylation is 2. The number of halogens is 1. The van der Waals surface area contributed by atoms with Gasteiger partial charge in [0.15, 0.2) is 0 Å². The van der Waals surface area contributed by atoms with Crippen LogP contribution in [0.3, 0.4) is 0 Å². The molecule has 0 spiro atoms. The molecule has 0 aliphatic heterocycles. The SMILES string of the molecule is Cc1nn(C)c(C)c1S(=O)(=O)NC(c1ccc(Br)cc1)C1CCC1. The van der Waals surface area contributed by atoms with Gasteiger partial charge in [-0.25, -0.2) is 13.1 Å². The van der Waals surface area contributed by atoms with E-state index in [1.54, 1.807) is 25.6 Å². The molecule has 1 aliphatic carbocycles. The summed E-state index contributed by atoms with van der Waals surface area (Å²) in [5.74, 6) is 0.346. The minimum absolute atomic E-state index is 0.198. The van der Waals surface area contributed by atoms with Crippen molar-refractivity contribution < 1.29 is 8.42 Å². The summed E-state index contributed by atoms with van der Waals surface area (Å²) < 4.78 is 31.6. The number of sulfonamides is 1. The van der Waals surface area contributed by atoms with Crippen molar-refractivity contribution in [3.05, 3.63) is 45.7 Å². The minimum Gasteiger partial charge on any atom is -0.271 e. The predicted octanol–water partition coefficient (Wildman–Crippen LogP) is 3.62. The Morgan fingerprint density at radius 3 is 2.33 bits per heavy atom.